The summed E-state index contributed by atoms with van der Waals surface area (Å²) in [6.07, 6.45) is 0. The Kier molecular flexibility index (Phi) is 6.88. The molecule has 1 amide bonds. The molecule has 2 aromatic rings. The van der Waals surface area contributed by atoms with Gasteiger partial charge in [-0.05, 0) is 30.7 Å². The van der Waals surface area contributed by atoms with Crippen LogP contribution >= 0.6 is 0 Å². The Bertz CT molecular complexity index is 1040. The first-order valence-corrected chi connectivity index (χ1v) is 9.92. The number of nitro groups is 1. The van der Waals surface area contributed by atoms with Crippen molar-refractivity contribution in [1.82, 2.24) is 4.31 Å². The molecule has 0 saturated heterocycles. The second kappa shape index (κ2) is 8.97. The van der Waals surface area contributed by atoms with Crippen LogP contribution in [0.15, 0.2) is 41.3 Å². The number of methoxy groups -OCH3 is 1. The predicted molar refractivity (Wildman–Crippen MR) is 104 cm³/mol. The van der Waals surface area contributed by atoms with Crippen LogP contribution in [0.5, 0.6) is 5.75 Å². The van der Waals surface area contributed by atoms with Crippen LogP contribution in [0, 0.1) is 22.9 Å². The van der Waals surface area contributed by atoms with E-state index in [0.29, 0.717) is 5.56 Å². The second-order valence-electron chi connectivity index (χ2n) is 6.03. The number of nitro benzene ring substituents is 1. The number of anilines is 1. The van der Waals surface area contributed by atoms with Crippen molar-refractivity contribution in [3.63, 3.8) is 0 Å². The number of sulfonamides is 1. The average molecular weight is 425 g/mol. The number of carbonyl (C=O) groups is 1. The Hall–Kier alpha value is -3.05. The number of amides is 1. The number of aryl methyl sites for hydroxylation is 1. The van der Waals surface area contributed by atoms with E-state index in [9.17, 15) is 27.7 Å². The SMILES string of the molecule is CCN(CC(=O)Nc1cc([N+](=O)[O-])ccc1C)S(=O)(=O)c1cc(F)ccc1OC. The number of carbonyl (C=O) groups excluding carboxylic acids is 1. The molecule has 2 rings (SSSR count). The van der Waals surface area contributed by atoms with Gasteiger partial charge in [-0.2, -0.15) is 4.31 Å². The Morgan fingerprint density at radius 3 is 2.55 bits per heavy atom. The van der Waals surface area contributed by atoms with E-state index in [2.05, 4.69) is 5.32 Å². The Labute approximate surface area is 167 Å². The van der Waals surface area contributed by atoms with Crippen molar-refractivity contribution < 1.29 is 27.3 Å². The van der Waals surface area contributed by atoms with Gasteiger partial charge < -0.3 is 10.1 Å². The van der Waals surface area contributed by atoms with E-state index in [1.165, 1.54) is 38.3 Å². The van der Waals surface area contributed by atoms with Crippen molar-refractivity contribution in [3.05, 3.63) is 57.9 Å². The quantitative estimate of drug-likeness (QED) is 0.513. The minimum Gasteiger partial charge on any atom is -0.495 e. The second-order valence-corrected chi connectivity index (χ2v) is 7.94. The molecule has 0 saturated carbocycles. The Morgan fingerprint density at radius 1 is 1.28 bits per heavy atom. The number of hydrogen-bond donors (Lipinski definition) is 1. The van der Waals surface area contributed by atoms with Crippen LogP contribution in [0.2, 0.25) is 0 Å². The van der Waals surface area contributed by atoms with Crippen LogP contribution in [-0.4, -0.2) is 43.8 Å². The van der Waals surface area contributed by atoms with Crippen LogP contribution < -0.4 is 10.1 Å². The fourth-order valence-electron chi connectivity index (χ4n) is 2.57. The number of nitrogens with zero attached hydrogens (tertiary/aromatic N) is 2. The molecule has 1 N–H and O–H groups in total. The van der Waals surface area contributed by atoms with Gasteiger partial charge >= 0.3 is 0 Å². The summed E-state index contributed by atoms with van der Waals surface area (Å²) in [6, 6.07) is 7.02. The summed E-state index contributed by atoms with van der Waals surface area (Å²) in [5.74, 6) is -1.52. The molecule has 0 fully saturated rings. The number of rotatable bonds is 8. The topological polar surface area (TPSA) is 119 Å². The zero-order valence-corrected chi connectivity index (χ0v) is 16.8. The summed E-state index contributed by atoms with van der Waals surface area (Å²) in [7, 11) is -2.99. The standard InChI is InChI=1S/C18H20FN3O6S/c1-4-21(29(26,27)17-9-13(19)6-8-16(17)28-3)11-18(23)20-15-10-14(22(24)25)7-5-12(15)2/h5-10H,4,11H2,1-3H3,(H,20,23). The summed E-state index contributed by atoms with van der Waals surface area (Å²) in [4.78, 5) is 22.3. The zero-order valence-electron chi connectivity index (χ0n) is 16.0. The van der Waals surface area contributed by atoms with Gasteiger partial charge in [0.15, 0.2) is 0 Å². The van der Waals surface area contributed by atoms with Crippen LogP contribution in [0.25, 0.3) is 0 Å². The maximum absolute atomic E-state index is 13.6. The van der Waals surface area contributed by atoms with Gasteiger partial charge in [-0.15, -0.1) is 0 Å². The number of halogens is 1. The minimum absolute atomic E-state index is 0.0558. The third kappa shape index (κ3) is 5.06. The van der Waals surface area contributed by atoms with E-state index in [-0.39, 0.29) is 23.7 Å². The molecule has 11 heteroatoms. The van der Waals surface area contributed by atoms with E-state index in [1.54, 1.807) is 6.92 Å². The highest BCUT2D eigenvalue weighted by molar-refractivity contribution is 7.89. The molecule has 0 aliphatic carbocycles. The maximum Gasteiger partial charge on any atom is 0.271 e. The fourth-order valence-corrected chi connectivity index (χ4v) is 4.14. The number of nitrogens with one attached hydrogen (secondary N) is 1. The first-order valence-electron chi connectivity index (χ1n) is 8.48. The highest BCUT2D eigenvalue weighted by atomic mass is 32.2. The van der Waals surface area contributed by atoms with Gasteiger partial charge in [0.1, 0.15) is 16.5 Å². The lowest BCUT2D eigenvalue weighted by Gasteiger charge is -2.21. The van der Waals surface area contributed by atoms with Gasteiger partial charge in [-0.1, -0.05) is 13.0 Å². The molecule has 0 unspecified atom stereocenters. The van der Waals surface area contributed by atoms with Crippen molar-refractivity contribution in [2.75, 3.05) is 25.5 Å². The molecule has 0 aliphatic rings. The summed E-state index contributed by atoms with van der Waals surface area (Å²) < 4.78 is 45.3. The summed E-state index contributed by atoms with van der Waals surface area (Å²) in [5, 5.41) is 13.4. The fraction of sp³-hybridized carbons (Fsp3) is 0.278. The number of hydrogen-bond acceptors (Lipinski definition) is 6. The lowest BCUT2D eigenvalue weighted by molar-refractivity contribution is -0.384. The van der Waals surface area contributed by atoms with Gasteiger partial charge in [-0.3, -0.25) is 14.9 Å². The summed E-state index contributed by atoms with van der Waals surface area (Å²) in [6.45, 7) is 2.53. The van der Waals surface area contributed by atoms with Gasteiger partial charge in [0, 0.05) is 18.7 Å². The zero-order chi connectivity index (χ0) is 21.8. The van der Waals surface area contributed by atoms with Gasteiger partial charge in [0.05, 0.1) is 24.3 Å². The van der Waals surface area contributed by atoms with Crippen molar-refractivity contribution in [1.29, 1.82) is 0 Å². The average Bonchev–Trinajstić information content (AvgIpc) is 2.67. The first kappa shape index (κ1) is 22.2. The van der Waals surface area contributed by atoms with E-state index < -0.39 is 38.1 Å². The third-order valence-corrected chi connectivity index (χ3v) is 6.06. The van der Waals surface area contributed by atoms with E-state index >= 15 is 0 Å². The summed E-state index contributed by atoms with van der Waals surface area (Å²) in [5.41, 5.74) is 0.554. The molecule has 0 atom stereocenters. The Balaban J connectivity index is 2.28. The normalized spacial score (nSPS) is 11.3. The van der Waals surface area contributed by atoms with Crippen molar-refractivity contribution in [2.24, 2.45) is 0 Å². The minimum atomic E-state index is -4.24. The van der Waals surface area contributed by atoms with Gasteiger partial charge in [0.2, 0.25) is 15.9 Å². The maximum atomic E-state index is 13.6. The molecular weight excluding hydrogens is 405 g/mol. The van der Waals surface area contributed by atoms with E-state index in [4.69, 9.17) is 4.74 Å². The number of benzene rings is 2. The van der Waals surface area contributed by atoms with Gasteiger partial charge in [-0.25, -0.2) is 12.8 Å². The van der Waals surface area contributed by atoms with Crippen molar-refractivity contribution >= 4 is 27.3 Å². The van der Waals surface area contributed by atoms with Crippen LogP contribution in [0.3, 0.4) is 0 Å². The number of non-ortho nitro benzene ring substituents is 1. The highest BCUT2D eigenvalue weighted by Crippen LogP contribution is 2.28. The molecule has 0 spiro atoms. The molecule has 0 heterocycles. The molecular formula is C18H20FN3O6S. The molecule has 2 aromatic carbocycles. The number of likely N-dealkylation sites (N-methyl/N-ethyl adjacent to an activating group) is 1. The van der Waals surface area contributed by atoms with Crippen molar-refractivity contribution in [3.8, 4) is 5.75 Å². The third-order valence-electron chi connectivity index (χ3n) is 4.12. The van der Waals surface area contributed by atoms with Crippen LogP contribution in [0.1, 0.15) is 12.5 Å². The van der Waals surface area contributed by atoms with Crippen LogP contribution in [0.4, 0.5) is 15.8 Å². The largest absolute Gasteiger partial charge is 0.495 e. The lowest BCUT2D eigenvalue weighted by Crippen LogP contribution is -2.38. The molecule has 29 heavy (non-hydrogen) atoms. The first-order chi connectivity index (χ1) is 13.6. The summed E-state index contributed by atoms with van der Waals surface area (Å²) >= 11 is 0. The van der Waals surface area contributed by atoms with Crippen LogP contribution in [-0.2, 0) is 14.8 Å². The molecule has 156 valence electrons. The molecule has 0 aromatic heterocycles. The van der Waals surface area contributed by atoms with E-state index in [1.807, 2.05) is 0 Å². The Morgan fingerprint density at radius 2 is 1.97 bits per heavy atom. The van der Waals surface area contributed by atoms with Gasteiger partial charge in [0.25, 0.3) is 5.69 Å². The van der Waals surface area contributed by atoms with E-state index in [0.717, 1.165) is 16.4 Å². The molecule has 0 radical (unpaired) electrons. The lowest BCUT2D eigenvalue weighted by atomic mass is 10.2. The predicted octanol–water partition coefficient (Wildman–Crippen LogP) is 2.70. The molecule has 0 bridgehead atoms. The smallest absolute Gasteiger partial charge is 0.271 e. The monoisotopic (exact) mass is 425 g/mol. The number of ether oxygens (including phenoxy) is 1. The highest BCUT2D eigenvalue weighted by Gasteiger charge is 2.29. The molecule has 9 nitrogen and oxygen atoms in total. The van der Waals surface area contributed by atoms with Crippen molar-refractivity contribution in [2.45, 2.75) is 18.7 Å². The molecule has 0 aliphatic heterocycles.